The van der Waals surface area contributed by atoms with Crippen molar-refractivity contribution >= 4 is 11.6 Å². The number of aromatic nitrogens is 3. The molecule has 0 unspecified atom stereocenters. The van der Waals surface area contributed by atoms with Gasteiger partial charge in [-0.15, -0.1) is 0 Å². The second kappa shape index (κ2) is 5.63. The number of anilines is 2. The molecular weight excluding hydrogens is 269 g/mol. The predicted octanol–water partition coefficient (Wildman–Crippen LogP) is 2.39. The van der Waals surface area contributed by atoms with E-state index in [2.05, 4.69) is 39.0 Å². The van der Waals surface area contributed by atoms with Crippen molar-refractivity contribution < 1.29 is 4.39 Å². The monoisotopic (exact) mass is 287 g/mol. The summed E-state index contributed by atoms with van der Waals surface area (Å²) in [6, 6.07) is 4.15. The van der Waals surface area contributed by atoms with E-state index in [-0.39, 0.29) is 0 Å². The van der Waals surface area contributed by atoms with E-state index in [4.69, 9.17) is 0 Å². The molecule has 0 aromatic carbocycles. The van der Waals surface area contributed by atoms with Crippen LogP contribution in [0, 0.1) is 6.08 Å². The number of rotatable bonds is 4. The van der Waals surface area contributed by atoms with E-state index < -0.39 is 6.08 Å². The van der Waals surface area contributed by atoms with Gasteiger partial charge in [-0.05, 0) is 31.9 Å². The summed E-state index contributed by atoms with van der Waals surface area (Å²) in [6.07, 6.45) is 3.66. The number of fused-ring (bicyclic) bond motifs is 1. The summed E-state index contributed by atoms with van der Waals surface area (Å²) in [5, 5.41) is 3.20. The van der Waals surface area contributed by atoms with Crippen molar-refractivity contribution in [2.75, 3.05) is 16.8 Å². The molecule has 1 aliphatic heterocycles. The van der Waals surface area contributed by atoms with Crippen molar-refractivity contribution in [2.24, 2.45) is 0 Å². The maximum atomic E-state index is 13.7. The summed E-state index contributed by atoms with van der Waals surface area (Å²) in [4.78, 5) is 14.1. The lowest BCUT2D eigenvalue weighted by Crippen LogP contribution is -2.29. The third-order valence-corrected chi connectivity index (χ3v) is 3.64. The smallest absolute Gasteiger partial charge is 0.312 e. The molecule has 0 atom stereocenters. The Balaban J connectivity index is 1.85. The zero-order chi connectivity index (χ0) is 14.8. The van der Waals surface area contributed by atoms with Gasteiger partial charge in [0.25, 0.3) is 0 Å². The Morgan fingerprint density at radius 2 is 2.24 bits per heavy atom. The molecule has 6 heteroatoms. The lowest BCUT2D eigenvalue weighted by molar-refractivity contribution is 0.537. The Hall–Kier alpha value is -2.24. The fourth-order valence-electron chi connectivity index (χ4n) is 2.59. The molecule has 5 nitrogen and oxygen atoms in total. The van der Waals surface area contributed by atoms with E-state index in [0.29, 0.717) is 24.2 Å². The second-order valence-electron chi connectivity index (χ2n) is 5.40. The largest absolute Gasteiger partial charge is 0.365 e. The second-order valence-corrected chi connectivity index (χ2v) is 5.40. The van der Waals surface area contributed by atoms with E-state index in [1.165, 1.54) is 0 Å². The Morgan fingerprint density at radius 1 is 1.38 bits per heavy atom. The highest BCUT2D eigenvalue weighted by atomic mass is 19.1. The fraction of sp³-hybridized carbons (Fsp3) is 0.400. The first-order valence-corrected chi connectivity index (χ1v) is 7.11. The van der Waals surface area contributed by atoms with Gasteiger partial charge in [-0.1, -0.05) is 6.07 Å². The first kappa shape index (κ1) is 13.7. The quantitative estimate of drug-likeness (QED) is 0.875. The van der Waals surface area contributed by atoms with Crippen molar-refractivity contribution in [2.45, 2.75) is 32.9 Å². The fourth-order valence-corrected chi connectivity index (χ4v) is 2.59. The molecule has 21 heavy (non-hydrogen) atoms. The minimum Gasteiger partial charge on any atom is -0.365 e. The first-order valence-electron chi connectivity index (χ1n) is 7.11. The Kier molecular flexibility index (Phi) is 3.68. The van der Waals surface area contributed by atoms with Gasteiger partial charge in [0.2, 0.25) is 0 Å². The molecule has 0 aliphatic carbocycles. The summed E-state index contributed by atoms with van der Waals surface area (Å²) in [6.45, 7) is 5.58. The van der Waals surface area contributed by atoms with Crippen LogP contribution in [0.5, 0.6) is 0 Å². The lowest BCUT2D eigenvalue weighted by Gasteiger charge is -2.22. The average Bonchev–Trinajstić information content (AvgIpc) is 2.89. The van der Waals surface area contributed by atoms with Crippen LogP contribution in [0.2, 0.25) is 0 Å². The third-order valence-electron chi connectivity index (χ3n) is 3.64. The number of pyridine rings is 1. The van der Waals surface area contributed by atoms with Gasteiger partial charge in [-0.25, -0.2) is 0 Å². The van der Waals surface area contributed by atoms with Gasteiger partial charge in [0.1, 0.15) is 11.6 Å². The van der Waals surface area contributed by atoms with Crippen LogP contribution >= 0.6 is 0 Å². The van der Waals surface area contributed by atoms with E-state index in [1.54, 1.807) is 12.4 Å². The highest BCUT2D eigenvalue weighted by Crippen LogP contribution is 2.32. The van der Waals surface area contributed by atoms with Crippen molar-refractivity contribution in [3.8, 4) is 0 Å². The van der Waals surface area contributed by atoms with Crippen LogP contribution in [0.15, 0.2) is 24.5 Å². The van der Waals surface area contributed by atoms with Gasteiger partial charge < -0.3 is 10.2 Å². The van der Waals surface area contributed by atoms with Gasteiger partial charge in [0.15, 0.2) is 0 Å². The molecule has 0 spiro atoms. The van der Waals surface area contributed by atoms with Crippen LogP contribution in [0.1, 0.15) is 25.0 Å². The van der Waals surface area contributed by atoms with Crippen molar-refractivity contribution in [3.05, 3.63) is 41.7 Å². The molecule has 2 aromatic rings. The van der Waals surface area contributed by atoms with Gasteiger partial charge in [-0.2, -0.15) is 14.4 Å². The van der Waals surface area contributed by atoms with Gasteiger partial charge in [0.05, 0.1) is 0 Å². The molecule has 1 N–H and O–H groups in total. The third kappa shape index (κ3) is 2.79. The highest BCUT2D eigenvalue weighted by Gasteiger charge is 2.27. The number of hydrogen-bond donors (Lipinski definition) is 1. The number of hydrogen-bond acceptors (Lipinski definition) is 5. The summed E-state index contributed by atoms with van der Waals surface area (Å²) in [5.41, 5.74) is 2.03. The zero-order valence-electron chi connectivity index (χ0n) is 12.2. The van der Waals surface area contributed by atoms with E-state index in [1.807, 2.05) is 12.1 Å². The summed E-state index contributed by atoms with van der Waals surface area (Å²) >= 11 is 0. The minimum absolute atomic E-state index is 0.298. The molecule has 2 aromatic heterocycles. The first-order chi connectivity index (χ1) is 10.1. The Labute approximate surface area is 123 Å². The summed E-state index contributed by atoms with van der Waals surface area (Å²) in [5.74, 6) is 1.30. The van der Waals surface area contributed by atoms with E-state index in [0.717, 1.165) is 24.1 Å². The molecule has 0 bridgehead atoms. The number of nitrogens with zero attached hydrogens (tertiary/aromatic N) is 4. The predicted molar refractivity (Wildman–Crippen MR) is 79.7 cm³/mol. The van der Waals surface area contributed by atoms with Crippen LogP contribution in [0.25, 0.3) is 0 Å². The zero-order valence-corrected chi connectivity index (χ0v) is 12.2. The normalized spacial score (nSPS) is 13.6. The van der Waals surface area contributed by atoms with Crippen LogP contribution in [-0.4, -0.2) is 27.5 Å². The number of nitrogens with one attached hydrogen (secondary N) is 1. The highest BCUT2D eigenvalue weighted by molar-refractivity contribution is 5.63. The maximum absolute atomic E-state index is 13.7. The van der Waals surface area contributed by atoms with E-state index in [9.17, 15) is 4.39 Å². The van der Waals surface area contributed by atoms with Crippen molar-refractivity contribution in [1.82, 2.24) is 15.0 Å². The van der Waals surface area contributed by atoms with Crippen LogP contribution in [0.4, 0.5) is 16.0 Å². The molecule has 0 fully saturated rings. The van der Waals surface area contributed by atoms with Gasteiger partial charge >= 0.3 is 6.08 Å². The lowest BCUT2D eigenvalue weighted by atomic mass is 10.2. The Morgan fingerprint density at radius 3 is 2.95 bits per heavy atom. The average molecular weight is 287 g/mol. The summed E-state index contributed by atoms with van der Waals surface area (Å²) < 4.78 is 13.7. The van der Waals surface area contributed by atoms with Crippen LogP contribution < -0.4 is 10.2 Å². The molecule has 0 saturated carbocycles. The molecule has 0 saturated heterocycles. The van der Waals surface area contributed by atoms with Gasteiger partial charge in [0, 0.05) is 37.1 Å². The molecule has 1 aliphatic rings. The SMILES string of the molecule is CC(C)N1CCc2c(NCc3cccnc3)nc(F)nc21. The number of halogens is 1. The molecule has 0 amide bonds. The topological polar surface area (TPSA) is 53.9 Å². The minimum atomic E-state index is -0.685. The van der Waals surface area contributed by atoms with Gasteiger partial charge in [-0.3, -0.25) is 4.98 Å². The molecule has 0 radical (unpaired) electrons. The van der Waals surface area contributed by atoms with Crippen molar-refractivity contribution in [1.29, 1.82) is 0 Å². The van der Waals surface area contributed by atoms with Crippen LogP contribution in [-0.2, 0) is 13.0 Å². The standard InChI is InChI=1S/C15H18FN5/c1-10(2)21-7-5-12-13(19-15(16)20-14(12)21)18-9-11-4-3-6-17-8-11/h3-4,6,8,10H,5,7,9H2,1-2H3,(H,18,19,20). The maximum Gasteiger partial charge on any atom is 0.312 e. The van der Waals surface area contributed by atoms with Crippen LogP contribution in [0.3, 0.4) is 0 Å². The van der Waals surface area contributed by atoms with E-state index >= 15 is 0 Å². The Bertz CT molecular complexity index is 629. The molecule has 3 heterocycles. The molecule has 3 rings (SSSR count). The van der Waals surface area contributed by atoms with Crippen molar-refractivity contribution in [3.63, 3.8) is 0 Å². The molecular formula is C15H18FN5. The summed E-state index contributed by atoms with van der Waals surface area (Å²) in [7, 11) is 0. The molecule has 110 valence electrons.